The molecule has 0 spiro atoms. The Morgan fingerprint density at radius 3 is 2.60 bits per heavy atom. The van der Waals surface area contributed by atoms with Gasteiger partial charge in [0.25, 0.3) is 0 Å². The fourth-order valence-electron chi connectivity index (χ4n) is 1.95. The van der Waals surface area contributed by atoms with Crippen molar-refractivity contribution in [2.75, 3.05) is 0 Å². The van der Waals surface area contributed by atoms with E-state index in [2.05, 4.69) is 37.9 Å². The molecule has 0 saturated heterocycles. The van der Waals surface area contributed by atoms with Crippen LogP contribution in [-0.2, 0) is 12.0 Å². The number of rotatable bonds is 1. The lowest BCUT2D eigenvalue weighted by Crippen LogP contribution is -2.10. The van der Waals surface area contributed by atoms with E-state index in [9.17, 15) is 0 Å². The van der Waals surface area contributed by atoms with E-state index in [-0.39, 0.29) is 12.0 Å². The lowest BCUT2D eigenvalue weighted by atomic mass is 9.85. The van der Waals surface area contributed by atoms with Gasteiger partial charge in [-0.15, -0.1) is 0 Å². The van der Waals surface area contributed by atoms with E-state index in [4.69, 9.17) is 5.11 Å². The number of aliphatic hydroxyl groups excluding tert-OH is 1. The summed E-state index contributed by atoms with van der Waals surface area (Å²) < 4.78 is 0. The molecule has 0 aliphatic heterocycles. The maximum Gasteiger partial charge on any atom is 0.0831 e. The molecule has 0 saturated carbocycles. The summed E-state index contributed by atoms with van der Waals surface area (Å²) in [6.07, 6.45) is 0. The SMILES string of the molecule is CC(C)(C)c1cccc2[nH]c(CO)cc12. The number of nitrogens with one attached hydrogen (secondary N) is 1. The van der Waals surface area contributed by atoms with E-state index in [1.165, 1.54) is 10.9 Å². The van der Waals surface area contributed by atoms with Crippen molar-refractivity contribution in [3.05, 3.63) is 35.5 Å². The molecule has 2 rings (SSSR count). The summed E-state index contributed by atoms with van der Waals surface area (Å²) in [5, 5.41) is 10.3. The number of aromatic nitrogens is 1. The molecule has 0 bridgehead atoms. The van der Waals surface area contributed by atoms with Crippen LogP contribution in [0.2, 0.25) is 0 Å². The average Bonchev–Trinajstić information content (AvgIpc) is 2.57. The van der Waals surface area contributed by atoms with Gasteiger partial charge in [-0.25, -0.2) is 0 Å². The summed E-state index contributed by atoms with van der Waals surface area (Å²) in [6.45, 7) is 6.67. The molecule has 0 fully saturated rings. The normalized spacial score (nSPS) is 12.3. The molecule has 15 heavy (non-hydrogen) atoms. The summed E-state index contributed by atoms with van der Waals surface area (Å²) >= 11 is 0. The first-order valence-electron chi connectivity index (χ1n) is 5.24. The van der Waals surface area contributed by atoms with Gasteiger partial charge in [0, 0.05) is 16.6 Å². The van der Waals surface area contributed by atoms with Crippen molar-refractivity contribution in [1.82, 2.24) is 4.98 Å². The number of fused-ring (bicyclic) bond motifs is 1. The monoisotopic (exact) mass is 203 g/mol. The Morgan fingerprint density at radius 2 is 2.00 bits per heavy atom. The van der Waals surface area contributed by atoms with E-state index in [0.29, 0.717) is 0 Å². The third-order valence-corrected chi connectivity index (χ3v) is 2.70. The second-order valence-corrected chi connectivity index (χ2v) is 4.97. The van der Waals surface area contributed by atoms with Crippen LogP contribution < -0.4 is 0 Å². The van der Waals surface area contributed by atoms with Gasteiger partial charge in [-0.05, 0) is 23.1 Å². The van der Waals surface area contributed by atoms with Gasteiger partial charge in [-0.2, -0.15) is 0 Å². The Morgan fingerprint density at radius 1 is 1.27 bits per heavy atom. The van der Waals surface area contributed by atoms with Crippen LogP contribution in [0.4, 0.5) is 0 Å². The molecule has 0 radical (unpaired) electrons. The summed E-state index contributed by atoms with van der Waals surface area (Å²) in [7, 11) is 0. The van der Waals surface area contributed by atoms with Crippen molar-refractivity contribution >= 4 is 10.9 Å². The van der Waals surface area contributed by atoms with Crippen LogP contribution in [0.1, 0.15) is 32.0 Å². The zero-order valence-corrected chi connectivity index (χ0v) is 9.46. The molecule has 2 nitrogen and oxygen atoms in total. The van der Waals surface area contributed by atoms with Crippen molar-refractivity contribution in [3.63, 3.8) is 0 Å². The third kappa shape index (κ3) is 1.77. The van der Waals surface area contributed by atoms with Crippen molar-refractivity contribution in [2.24, 2.45) is 0 Å². The minimum absolute atomic E-state index is 0.0677. The van der Waals surface area contributed by atoms with Crippen molar-refractivity contribution in [1.29, 1.82) is 0 Å². The molecular formula is C13H17NO. The molecule has 2 N–H and O–H groups in total. The fourth-order valence-corrected chi connectivity index (χ4v) is 1.95. The smallest absolute Gasteiger partial charge is 0.0831 e. The zero-order chi connectivity index (χ0) is 11.1. The second kappa shape index (κ2) is 3.38. The molecule has 80 valence electrons. The molecule has 0 aliphatic rings. The van der Waals surface area contributed by atoms with Crippen LogP contribution in [0.25, 0.3) is 10.9 Å². The molecule has 2 aromatic rings. The lowest BCUT2D eigenvalue weighted by Gasteiger charge is -2.19. The van der Waals surface area contributed by atoms with Gasteiger partial charge >= 0.3 is 0 Å². The van der Waals surface area contributed by atoms with Crippen LogP contribution in [0.5, 0.6) is 0 Å². The molecule has 1 aromatic carbocycles. The zero-order valence-electron chi connectivity index (χ0n) is 9.46. The number of aliphatic hydroxyl groups is 1. The van der Waals surface area contributed by atoms with Gasteiger partial charge in [0.1, 0.15) is 0 Å². The highest BCUT2D eigenvalue weighted by Gasteiger charge is 2.17. The number of aromatic amines is 1. The van der Waals surface area contributed by atoms with Gasteiger partial charge in [-0.3, -0.25) is 0 Å². The highest BCUT2D eigenvalue weighted by atomic mass is 16.3. The minimum Gasteiger partial charge on any atom is -0.390 e. The first kappa shape index (κ1) is 10.2. The molecule has 1 heterocycles. The third-order valence-electron chi connectivity index (χ3n) is 2.70. The Balaban J connectivity index is 2.70. The molecule has 0 amide bonds. The summed E-state index contributed by atoms with van der Waals surface area (Å²) in [6, 6.07) is 8.29. The van der Waals surface area contributed by atoms with E-state index in [1.54, 1.807) is 0 Å². The van der Waals surface area contributed by atoms with Crippen LogP contribution in [-0.4, -0.2) is 10.1 Å². The topological polar surface area (TPSA) is 36.0 Å². The number of hydrogen-bond acceptors (Lipinski definition) is 1. The lowest BCUT2D eigenvalue weighted by molar-refractivity contribution is 0.278. The molecule has 0 aliphatic carbocycles. The predicted molar refractivity (Wildman–Crippen MR) is 62.9 cm³/mol. The van der Waals surface area contributed by atoms with Gasteiger partial charge in [0.05, 0.1) is 6.61 Å². The maximum absolute atomic E-state index is 9.10. The van der Waals surface area contributed by atoms with Crippen molar-refractivity contribution in [2.45, 2.75) is 32.8 Å². The Hall–Kier alpha value is -1.28. The van der Waals surface area contributed by atoms with E-state index in [1.807, 2.05) is 12.1 Å². The quantitative estimate of drug-likeness (QED) is 0.734. The molecule has 1 aromatic heterocycles. The highest BCUT2D eigenvalue weighted by Crippen LogP contribution is 2.30. The highest BCUT2D eigenvalue weighted by molar-refractivity contribution is 5.84. The van der Waals surface area contributed by atoms with Crippen molar-refractivity contribution < 1.29 is 5.11 Å². The van der Waals surface area contributed by atoms with Crippen molar-refractivity contribution in [3.8, 4) is 0 Å². The largest absolute Gasteiger partial charge is 0.390 e. The van der Waals surface area contributed by atoms with E-state index >= 15 is 0 Å². The summed E-state index contributed by atoms with van der Waals surface area (Å²) in [5.74, 6) is 0. The van der Waals surface area contributed by atoms with Crippen LogP contribution in [0.3, 0.4) is 0 Å². The first-order valence-corrected chi connectivity index (χ1v) is 5.24. The van der Waals surface area contributed by atoms with Gasteiger partial charge in [-0.1, -0.05) is 32.9 Å². The van der Waals surface area contributed by atoms with Crippen LogP contribution in [0, 0.1) is 0 Å². The van der Waals surface area contributed by atoms with E-state index in [0.717, 1.165) is 11.2 Å². The van der Waals surface area contributed by atoms with E-state index < -0.39 is 0 Å². The fraction of sp³-hybridized carbons (Fsp3) is 0.385. The Bertz CT molecular complexity index is 477. The summed E-state index contributed by atoms with van der Waals surface area (Å²) in [4.78, 5) is 3.21. The molecule has 2 heteroatoms. The first-order chi connectivity index (χ1) is 7.02. The van der Waals surface area contributed by atoms with Crippen LogP contribution in [0.15, 0.2) is 24.3 Å². The standard InChI is InChI=1S/C13H17NO/c1-13(2,3)11-5-4-6-12-10(11)7-9(8-15)14-12/h4-7,14-15H,8H2,1-3H3. The Kier molecular flexibility index (Phi) is 2.31. The van der Waals surface area contributed by atoms with Gasteiger partial charge < -0.3 is 10.1 Å². The summed E-state index contributed by atoms with van der Waals surface area (Å²) in [5.41, 5.74) is 3.43. The molecule has 0 atom stereocenters. The average molecular weight is 203 g/mol. The maximum atomic E-state index is 9.10. The van der Waals surface area contributed by atoms with Gasteiger partial charge in [0.2, 0.25) is 0 Å². The van der Waals surface area contributed by atoms with Gasteiger partial charge in [0.15, 0.2) is 0 Å². The number of benzene rings is 1. The number of hydrogen-bond donors (Lipinski definition) is 2. The second-order valence-electron chi connectivity index (χ2n) is 4.97. The Labute approximate surface area is 89.9 Å². The van der Waals surface area contributed by atoms with Crippen LogP contribution >= 0.6 is 0 Å². The molecular weight excluding hydrogens is 186 g/mol. The minimum atomic E-state index is 0.0677. The molecule has 0 unspecified atom stereocenters. The number of H-pyrrole nitrogens is 1. The predicted octanol–water partition coefficient (Wildman–Crippen LogP) is 2.96.